The molecule has 2 fully saturated rings. The monoisotopic (exact) mass is 182 g/mol. The first-order valence-corrected chi connectivity index (χ1v) is 5.69. The lowest BCUT2D eigenvalue weighted by atomic mass is 9.83. The Morgan fingerprint density at radius 3 is 2.38 bits per heavy atom. The van der Waals surface area contributed by atoms with Gasteiger partial charge in [-0.25, -0.2) is 0 Å². The van der Waals surface area contributed by atoms with Gasteiger partial charge in [0.1, 0.15) is 0 Å². The van der Waals surface area contributed by atoms with Crippen molar-refractivity contribution in [2.75, 3.05) is 14.1 Å². The lowest BCUT2D eigenvalue weighted by Gasteiger charge is -2.31. The van der Waals surface area contributed by atoms with E-state index in [4.69, 9.17) is 0 Å². The van der Waals surface area contributed by atoms with E-state index in [2.05, 4.69) is 24.5 Å². The predicted octanol–water partition coefficient (Wildman–Crippen LogP) is 2.02. The van der Waals surface area contributed by atoms with E-state index in [1.807, 2.05) is 0 Å². The average Bonchev–Trinajstić information content (AvgIpc) is 2.85. The van der Waals surface area contributed by atoms with E-state index in [9.17, 15) is 0 Å². The number of hydrogen-bond donors (Lipinski definition) is 1. The lowest BCUT2D eigenvalue weighted by molar-refractivity contribution is 0.171. The van der Waals surface area contributed by atoms with Crippen LogP contribution in [0.1, 0.15) is 38.5 Å². The van der Waals surface area contributed by atoms with E-state index < -0.39 is 0 Å². The van der Waals surface area contributed by atoms with Crippen LogP contribution < -0.4 is 5.43 Å². The fraction of sp³-hybridized carbons (Fsp3) is 1.00. The number of nitrogens with zero attached hydrogens (tertiary/aromatic N) is 1. The van der Waals surface area contributed by atoms with E-state index >= 15 is 0 Å². The molecule has 0 aromatic rings. The average molecular weight is 182 g/mol. The van der Waals surface area contributed by atoms with Gasteiger partial charge in [-0.05, 0) is 37.5 Å². The molecule has 0 spiro atoms. The van der Waals surface area contributed by atoms with Crippen LogP contribution in [0.2, 0.25) is 0 Å². The second-order valence-corrected chi connectivity index (χ2v) is 4.98. The van der Waals surface area contributed by atoms with Crippen LogP contribution in [-0.2, 0) is 0 Å². The predicted molar refractivity (Wildman–Crippen MR) is 55.3 cm³/mol. The summed E-state index contributed by atoms with van der Waals surface area (Å²) in [5.41, 5.74) is 3.53. The van der Waals surface area contributed by atoms with Crippen molar-refractivity contribution in [3.63, 3.8) is 0 Å². The Morgan fingerprint density at radius 2 is 1.77 bits per heavy atom. The Hall–Kier alpha value is -0.0800. The minimum Gasteiger partial charge on any atom is -0.253 e. The summed E-state index contributed by atoms with van der Waals surface area (Å²) in [5, 5.41) is 2.11. The summed E-state index contributed by atoms with van der Waals surface area (Å²) < 4.78 is 0. The van der Waals surface area contributed by atoms with Crippen LogP contribution in [0.4, 0.5) is 0 Å². The fourth-order valence-corrected chi connectivity index (χ4v) is 2.71. The SMILES string of the molecule is CN(C)NC1CCCC(C2CC2)C1. The third kappa shape index (κ3) is 2.68. The molecule has 1 N–H and O–H groups in total. The van der Waals surface area contributed by atoms with E-state index in [0.717, 1.165) is 17.9 Å². The van der Waals surface area contributed by atoms with Crippen molar-refractivity contribution in [3.05, 3.63) is 0 Å². The molecular formula is C11H22N2. The minimum absolute atomic E-state index is 0.759. The molecule has 2 saturated carbocycles. The highest BCUT2D eigenvalue weighted by atomic mass is 15.5. The summed E-state index contributed by atoms with van der Waals surface area (Å²) in [6.07, 6.45) is 8.76. The van der Waals surface area contributed by atoms with Gasteiger partial charge in [-0.3, -0.25) is 10.4 Å². The van der Waals surface area contributed by atoms with Gasteiger partial charge >= 0.3 is 0 Å². The topological polar surface area (TPSA) is 15.3 Å². The van der Waals surface area contributed by atoms with Gasteiger partial charge < -0.3 is 0 Å². The normalized spacial score (nSPS) is 35.3. The Bertz CT molecular complexity index is 163. The molecule has 0 aromatic carbocycles. The maximum Gasteiger partial charge on any atom is 0.0217 e. The first kappa shape index (κ1) is 9.47. The van der Waals surface area contributed by atoms with E-state index in [1.165, 1.54) is 38.5 Å². The number of hydrazine groups is 1. The number of rotatable bonds is 3. The quantitative estimate of drug-likeness (QED) is 0.672. The summed E-state index contributed by atoms with van der Waals surface area (Å²) in [7, 11) is 4.20. The van der Waals surface area contributed by atoms with Gasteiger partial charge in [0.2, 0.25) is 0 Å². The van der Waals surface area contributed by atoms with E-state index in [0.29, 0.717) is 0 Å². The minimum atomic E-state index is 0.759. The molecule has 76 valence electrons. The van der Waals surface area contributed by atoms with Crippen molar-refractivity contribution < 1.29 is 0 Å². The zero-order chi connectivity index (χ0) is 9.26. The highest BCUT2D eigenvalue weighted by Gasteiger charge is 2.34. The second-order valence-electron chi connectivity index (χ2n) is 4.98. The van der Waals surface area contributed by atoms with Gasteiger partial charge in [0.05, 0.1) is 0 Å². The Kier molecular flexibility index (Phi) is 2.89. The third-order valence-electron chi connectivity index (χ3n) is 3.44. The molecule has 2 atom stereocenters. The maximum absolute atomic E-state index is 3.53. The number of hydrogen-bond acceptors (Lipinski definition) is 2. The maximum atomic E-state index is 3.53. The largest absolute Gasteiger partial charge is 0.253 e. The molecule has 2 aliphatic carbocycles. The van der Waals surface area contributed by atoms with Gasteiger partial charge in [-0.1, -0.05) is 12.8 Å². The van der Waals surface area contributed by atoms with Crippen LogP contribution in [0, 0.1) is 11.8 Å². The first-order chi connectivity index (χ1) is 6.25. The van der Waals surface area contributed by atoms with Crippen LogP contribution in [0.3, 0.4) is 0 Å². The van der Waals surface area contributed by atoms with Crippen LogP contribution in [-0.4, -0.2) is 25.1 Å². The third-order valence-corrected chi connectivity index (χ3v) is 3.44. The van der Waals surface area contributed by atoms with E-state index in [1.54, 1.807) is 0 Å². The molecule has 13 heavy (non-hydrogen) atoms. The summed E-state index contributed by atoms with van der Waals surface area (Å²) in [5.74, 6) is 2.15. The standard InChI is InChI=1S/C11H22N2/c1-13(2)12-11-5-3-4-10(8-11)9-6-7-9/h9-12H,3-8H2,1-2H3. The molecule has 2 aliphatic rings. The second kappa shape index (κ2) is 3.97. The molecule has 0 saturated heterocycles. The Labute approximate surface area is 81.7 Å². The molecular weight excluding hydrogens is 160 g/mol. The Morgan fingerprint density at radius 1 is 1.00 bits per heavy atom. The van der Waals surface area contributed by atoms with Gasteiger partial charge in [0.25, 0.3) is 0 Å². The van der Waals surface area contributed by atoms with Crippen molar-refractivity contribution in [2.24, 2.45) is 11.8 Å². The zero-order valence-electron chi connectivity index (χ0n) is 8.92. The van der Waals surface area contributed by atoms with Crippen molar-refractivity contribution in [3.8, 4) is 0 Å². The molecule has 0 radical (unpaired) electrons. The van der Waals surface area contributed by atoms with Crippen LogP contribution >= 0.6 is 0 Å². The van der Waals surface area contributed by atoms with Crippen molar-refractivity contribution in [1.82, 2.24) is 10.4 Å². The fourth-order valence-electron chi connectivity index (χ4n) is 2.71. The highest BCUT2D eigenvalue weighted by Crippen LogP contribution is 2.43. The number of nitrogens with one attached hydrogen (secondary N) is 1. The molecule has 0 aromatic heterocycles. The summed E-state index contributed by atoms with van der Waals surface area (Å²) in [6, 6.07) is 0.759. The zero-order valence-corrected chi connectivity index (χ0v) is 8.92. The summed E-state index contributed by atoms with van der Waals surface area (Å²) in [4.78, 5) is 0. The summed E-state index contributed by atoms with van der Waals surface area (Å²) in [6.45, 7) is 0. The van der Waals surface area contributed by atoms with Gasteiger partial charge in [-0.2, -0.15) is 0 Å². The molecule has 2 unspecified atom stereocenters. The molecule has 0 amide bonds. The molecule has 0 heterocycles. The van der Waals surface area contributed by atoms with Crippen molar-refractivity contribution in [1.29, 1.82) is 0 Å². The van der Waals surface area contributed by atoms with Crippen LogP contribution in [0.15, 0.2) is 0 Å². The highest BCUT2D eigenvalue weighted by molar-refractivity contribution is 4.87. The van der Waals surface area contributed by atoms with E-state index in [-0.39, 0.29) is 0 Å². The molecule has 0 aliphatic heterocycles. The molecule has 2 nitrogen and oxygen atoms in total. The van der Waals surface area contributed by atoms with Crippen LogP contribution in [0.5, 0.6) is 0 Å². The lowest BCUT2D eigenvalue weighted by Crippen LogP contribution is -2.42. The van der Waals surface area contributed by atoms with Gasteiger partial charge in [0, 0.05) is 20.1 Å². The smallest absolute Gasteiger partial charge is 0.0217 e. The van der Waals surface area contributed by atoms with Crippen LogP contribution in [0.25, 0.3) is 0 Å². The molecule has 0 bridgehead atoms. The van der Waals surface area contributed by atoms with Gasteiger partial charge in [-0.15, -0.1) is 0 Å². The summed E-state index contributed by atoms with van der Waals surface area (Å²) >= 11 is 0. The molecule has 2 rings (SSSR count). The Balaban J connectivity index is 1.77. The van der Waals surface area contributed by atoms with Crippen molar-refractivity contribution in [2.45, 2.75) is 44.6 Å². The van der Waals surface area contributed by atoms with Crippen molar-refractivity contribution >= 4 is 0 Å². The first-order valence-electron chi connectivity index (χ1n) is 5.69. The van der Waals surface area contributed by atoms with Gasteiger partial charge in [0.15, 0.2) is 0 Å². The molecule has 2 heteroatoms.